The highest BCUT2D eigenvalue weighted by atomic mass is 16.5. The molecule has 4 aliphatic rings. The number of hydrogen-bond donors (Lipinski definition) is 1. The molecule has 1 aromatic rings. The normalized spacial score (nSPS) is 29.9. The summed E-state index contributed by atoms with van der Waals surface area (Å²) in [5, 5.41) is 10.6. The van der Waals surface area contributed by atoms with Crippen molar-refractivity contribution >= 4 is 17.7 Å². The van der Waals surface area contributed by atoms with Gasteiger partial charge in [-0.05, 0) is 31.2 Å². The Labute approximate surface area is 267 Å². The third kappa shape index (κ3) is 6.10. The lowest BCUT2D eigenvalue weighted by molar-refractivity contribution is -0.157. The van der Waals surface area contributed by atoms with Crippen molar-refractivity contribution in [2.24, 2.45) is 17.8 Å². The maximum Gasteiger partial charge on any atom is 0.248 e. The first kappa shape index (κ1) is 33.3. The summed E-state index contributed by atoms with van der Waals surface area (Å²) < 4.78 is 12.4. The molecule has 1 N–H and O–H groups in total. The van der Waals surface area contributed by atoms with Gasteiger partial charge in [-0.15, -0.1) is 13.2 Å². The number of rotatable bonds is 14. The average molecular weight is 623 g/mol. The Bertz CT molecular complexity index is 1250. The summed E-state index contributed by atoms with van der Waals surface area (Å²) in [6.07, 6.45) is 4.44. The minimum Gasteiger partial charge on any atom is -0.394 e. The molecule has 3 amide bonds. The maximum atomic E-state index is 14.8. The van der Waals surface area contributed by atoms with Crippen LogP contribution in [-0.2, 0) is 30.4 Å². The molecular formula is C35H50N4O6. The second kappa shape index (κ2) is 13.7. The number of fused-ring (bicyclic) bond motifs is 1. The third-order valence-electron chi connectivity index (χ3n) is 10.4. The summed E-state index contributed by atoms with van der Waals surface area (Å²) in [6.45, 7) is 18.4. The van der Waals surface area contributed by atoms with Crippen molar-refractivity contribution in [3.63, 3.8) is 0 Å². The maximum absolute atomic E-state index is 14.8. The van der Waals surface area contributed by atoms with Crippen LogP contribution in [0.25, 0.3) is 0 Å². The second-order valence-corrected chi connectivity index (χ2v) is 13.5. The van der Waals surface area contributed by atoms with Crippen molar-refractivity contribution in [1.82, 2.24) is 19.6 Å². The molecule has 246 valence electrons. The minimum atomic E-state index is -1.17. The Kier molecular flexibility index (Phi) is 10.2. The van der Waals surface area contributed by atoms with E-state index in [-0.39, 0.29) is 30.2 Å². The summed E-state index contributed by atoms with van der Waals surface area (Å²) in [6, 6.07) is 8.20. The number of likely N-dealkylation sites (tertiary alicyclic amines) is 1. The molecule has 1 aromatic carbocycles. The molecular weight excluding hydrogens is 572 g/mol. The van der Waals surface area contributed by atoms with Crippen LogP contribution in [0.5, 0.6) is 0 Å². The van der Waals surface area contributed by atoms with E-state index >= 15 is 0 Å². The van der Waals surface area contributed by atoms with Crippen molar-refractivity contribution in [1.29, 1.82) is 0 Å². The van der Waals surface area contributed by atoms with Gasteiger partial charge < -0.3 is 29.3 Å². The largest absolute Gasteiger partial charge is 0.394 e. The van der Waals surface area contributed by atoms with E-state index in [0.717, 1.165) is 18.7 Å². The van der Waals surface area contributed by atoms with Crippen molar-refractivity contribution in [3.05, 3.63) is 61.2 Å². The number of benzene rings is 1. The summed E-state index contributed by atoms with van der Waals surface area (Å²) in [7, 11) is 0. The second-order valence-electron chi connectivity index (χ2n) is 13.5. The fraction of sp³-hybridized carbons (Fsp3) is 0.629. The van der Waals surface area contributed by atoms with Crippen LogP contribution in [0, 0.1) is 17.8 Å². The van der Waals surface area contributed by atoms with Gasteiger partial charge in [0.15, 0.2) is 0 Å². The van der Waals surface area contributed by atoms with Gasteiger partial charge in [0.1, 0.15) is 11.6 Å². The molecule has 4 saturated heterocycles. The van der Waals surface area contributed by atoms with Crippen LogP contribution in [0.4, 0.5) is 0 Å². The Morgan fingerprint density at radius 1 is 1.07 bits per heavy atom. The lowest BCUT2D eigenvalue weighted by Gasteiger charge is -2.41. The lowest BCUT2D eigenvalue weighted by Crippen LogP contribution is -2.60. The number of carbonyl (C=O) groups excluding carboxylic acids is 3. The van der Waals surface area contributed by atoms with Crippen LogP contribution in [0.15, 0.2) is 55.6 Å². The topological polar surface area (TPSA) is 103 Å². The molecule has 45 heavy (non-hydrogen) atoms. The Morgan fingerprint density at radius 2 is 1.73 bits per heavy atom. The standard InChI is InChI=1S/C35H50N4O6/c1-6-15-37(18-17-36-19-21-44-22-20-36)33(43)30-35-14-13-34(5,45-35)28(29(35)32(42)39(30)27(24-40)25(3)4)31(41)38(16-7-2)23-26-11-9-8-10-12-26/h6-12,25,27-30,40H,1-2,13-24H2,3-5H3/t27-,28+,29-,30?,34-,35?/m0/s1. The summed E-state index contributed by atoms with van der Waals surface area (Å²) in [5.74, 6) is -2.40. The first-order valence-electron chi connectivity index (χ1n) is 16.4. The monoisotopic (exact) mass is 622 g/mol. The average Bonchev–Trinajstić information content (AvgIpc) is 3.60. The van der Waals surface area contributed by atoms with E-state index in [1.54, 1.807) is 26.9 Å². The van der Waals surface area contributed by atoms with Crippen LogP contribution < -0.4 is 0 Å². The van der Waals surface area contributed by atoms with Gasteiger partial charge in [0.25, 0.3) is 0 Å². The number of carbonyl (C=O) groups is 3. The molecule has 6 atom stereocenters. The van der Waals surface area contributed by atoms with E-state index < -0.39 is 35.1 Å². The molecule has 4 fully saturated rings. The number of aliphatic hydroxyl groups is 1. The lowest BCUT2D eigenvalue weighted by atomic mass is 9.66. The van der Waals surface area contributed by atoms with Crippen LogP contribution >= 0.6 is 0 Å². The molecule has 4 aliphatic heterocycles. The Balaban J connectivity index is 1.51. The number of aliphatic hydroxyl groups excluding tert-OH is 1. The van der Waals surface area contributed by atoms with Gasteiger partial charge in [-0.1, -0.05) is 56.3 Å². The number of amides is 3. The van der Waals surface area contributed by atoms with Crippen molar-refractivity contribution in [2.45, 2.75) is 63.4 Å². The van der Waals surface area contributed by atoms with Gasteiger partial charge in [0.05, 0.1) is 43.3 Å². The first-order chi connectivity index (χ1) is 21.6. The van der Waals surface area contributed by atoms with Crippen molar-refractivity contribution in [2.75, 3.05) is 59.1 Å². The zero-order valence-corrected chi connectivity index (χ0v) is 27.1. The van der Waals surface area contributed by atoms with E-state index in [2.05, 4.69) is 18.1 Å². The van der Waals surface area contributed by atoms with Crippen LogP contribution in [0.3, 0.4) is 0 Å². The molecule has 0 radical (unpaired) electrons. The van der Waals surface area contributed by atoms with E-state index in [0.29, 0.717) is 58.8 Å². The summed E-state index contributed by atoms with van der Waals surface area (Å²) in [5.41, 5.74) is -1.09. The predicted molar refractivity (Wildman–Crippen MR) is 171 cm³/mol. The zero-order valence-electron chi connectivity index (χ0n) is 27.1. The molecule has 10 nitrogen and oxygen atoms in total. The van der Waals surface area contributed by atoms with Gasteiger partial charge >= 0.3 is 0 Å². The minimum absolute atomic E-state index is 0.122. The molecule has 0 aliphatic carbocycles. The van der Waals surface area contributed by atoms with Crippen LogP contribution in [-0.4, -0.2) is 125 Å². The number of hydrogen-bond acceptors (Lipinski definition) is 7. The van der Waals surface area contributed by atoms with E-state index in [9.17, 15) is 19.5 Å². The highest BCUT2D eigenvalue weighted by Gasteiger charge is 2.79. The molecule has 4 heterocycles. The summed E-state index contributed by atoms with van der Waals surface area (Å²) >= 11 is 0. The van der Waals surface area contributed by atoms with Crippen LogP contribution in [0.2, 0.25) is 0 Å². The van der Waals surface area contributed by atoms with E-state index in [1.807, 2.05) is 51.1 Å². The molecule has 5 rings (SSSR count). The van der Waals surface area contributed by atoms with E-state index in [4.69, 9.17) is 9.47 Å². The van der Waals surface area contributed by atoms with E-state index in [1.165, 1.54) is 0 Å². The van der Waals surface area contributed by atoms with Gasteiger partial charge in [-0.25, -0.2) is 0 Å². The number of nitrogens with zero attached hydrogens (tertiary/aromatic N) is 4. The van der Waals surface area contributed by atoms with Gasteiger partial charge in [-0.3, -0.25) is 19.3 Å². The van der Waals surface area contributed by atoms with Gasteiger partial charge in [-0.2, -0.15) is 0 Å². The molecule has 10 heteroatoms. The smallest absolute Gasteiger partial charge is 0.248 e. The first-order valence-corrected chi connectivity index (χ1v) is 16.4. The molecule has 0 aromatic heterocycles. The summed E-state index contributed by atoms with van der Waals surface area (Å²) in [4.78, 5) is 51.4. The highest BCUT2D eigenvalue weighted by Crippen LogP contribution is 2.64. The molecule has 2 bridgehead atoms. The zero-order chi connectivity index (χ0) is 32.4. The third-order valence-corrected chi connectivity index (χ3v) is 10.4. The van der Waals surface area contributed by atoms with Crippen molar-refractivity contribution < 1.29 is 29.0 Å². The number of ether oxygens (including phenoxy) is 2. The SMILES string of the molecule is C=CCN(CCN1CCOCC1)C(=O)C1N([C@@H](CO)C(C)C)C(=O)[C@@H]2[C@H](C(=O)N(CC=C)Cc3ccccc3)[C@]3(C)CCC12O3. The fourth-order valence-electron chi connectivity index (χ4n) is 8.09. The van der Waals surface area contributed by atoms with Gasteiger partial charge in [0, 0.05) is 45.8 Å². The number of morpholine rings is 1. The quantitative estimate of drug-likeness (QED) is 0.318. The molecule has 2 unspecified atom stereocenters. The Morgan fingerprint density at radius 3 is 2.36 bits per heavy atom. The molecule has 1 spiro atoms. The van der Waals surface area contributed by atoms with Crippen LogP contribution in [0.1, 0.15) is 39.2 Å². The predicted octanol–water partition coefficient (Wildman–Crippen LogP) is 2.33. The highest BCUT2D eigenvalue weighted by molar-refractivity contribution is 5.99. The fourth-order valence-corrected chi connectivity index (χ4v) is 8.09. The van der Waals surface area contributed by atoms with Gasteiger partial charge in [0.2, 0.25) is 17.7 Å². The van der Waals surface area contributed by atoms with Crippen molar-refractivity contribution in [3.8, 4) is 0 Å². The Hall–Kier alpha value is -3.05. The molecule has 0 saturated carbocycles.